The number of halogens is 2. The number of methoxy groups -OCH3 is 1. The van der Waals surface area contributed by atoms with E-state index in [-0.39, 0.29) is 30.5 Å². The molecule has 0 bridgehead atoms. The monoisotopic (exact) mass is 345 g/mol. The predicted molar refractivity (Wildman–Crippen MR) is 80.2 cm³/mol. The average Bonchev–Trinajstić information content (AvgIpc) is 3.12. The van der Waals surface area contributed by atoms with Crippen molar-refractivity contribution in [3.05, 3.63) is 22.2 Å². The lowest BCUT2D eigenvalue weighted by atomic mass is 9.89. The molecule has 2 saturated heterocycles. The van der Waals surface area contributed by atoms with Crippen molar-refractivity contribution in [3.63, 3.8) is 0 Å². The highest BCUT2D eigenvalue weighted by Gasteiger charge is 2.41. The topological polar surface area (TPSA) is 78.8 Å². The molecule has 0 radical (unpaired) electrons. The van der Waals surface area contributed by atoms with Crippen LogP contribution in [0.3, 0.4) is 0 Å². The lowest BCUT2D eigenvalue weighted by Crippen LogP contribution is -2.50. The molecule has 1 aromatic rings. The van der Waals surface area contributed by atoms with Gasteiger partial charge >= 0.3 is 6.09 Å². The van der Waals surface area contributed by atoms with E-state index in [0.29, 0.717) is 38.2 Å². The number of hydrogen-bond donors (Lipinski definition) is 1. The van der Waals surface area contributed by atoms with Gasteiger partial charge in [-0.2, -0.15) is 5.16 Å². The van der Waals surface area contributed by atoms with E-state index in [0.717, 1.165) is 0 Å². The molecule has 3 rings (SSSR count). The predicted octanol–water partition coefficient (Wildman–Crippen LogP) is 1.62. The number of ether oxygens (including phenoxy) is 1. The molecule has 0 spiro atoms. The summed E-state index contributed by atoms with van der Waals surface area (Å²) in [5, 5.41) is 2.26. The fraction of sp³-hybridized carbons (Fsp3) is 0.733. The van der Waals surface area contributed by atoms with Crippen molar-refractivity contribution < 1.29 is 22.8 Å². The van der Waals surface area contributed by atoms with E-state index in [1.54, 1.807) is 9.80 Å². The minimum atomic E-state index is -2.67. The summed E-state index contributed by atoms with van der Waals surface area (Å²) in [6, 6.07) is 1.14. The highest BCUT2D eigenvalue weighted by atomic mass is 19.3. The molecular formula is C15H21F2N3O4. The van der Waals surface area contributed by atoms with Crippen LogP contribution in [0.15, 0.2) is 15.4 Å². The van der Waals surface area contributed by atoms with Gasteiger partial charge in [-0.05, 0) is 12.8 Å². The van der Waals surface area contributed by atoms with Gasteiger partial charge in [0.15, 0.2) is 0 Å². The van der Waals surface area contributed by atoms with Crippen molar-refractivity contribution >= 4 is 6.09 Å². The Morgan fingerprint density at radius 1 is 1.50 bits per heavy atom. The number of alkyl halides is 2. The Labute approximate surface area is 137 Å². The highest BCUT2D eigenvalue weighted by molar-refractivity contribution is 5.68. The Morgan fingerprint density at radius 2 is 2.29 bits per heavy atom. The first kappa shape index (κ1) is 16.9. The van der Waals surface area contributed by atoms with Crippen molar-refractivity contribution in [2.45, 2.75) is 37.1 Å². The summed E-state index contributed by atoms with van der Waals surface area (Å²) in [6.45, 7) is 0.807. The Bertz CT molecular complexity index is 645. The summed E-state index contributed by atoms with van der Waals surface area (Å²) in [6.07, 6.45) is 0.550. The molecule has 0 aromatic carbocycles. The Balaban J connectivity index is 1.72. The van der Waals surface area contributed by atoms with Crippen LogP contribution in [0.25, 0.3) is 0 Å². The van der Waals surface area contributed by atoms with Crippen LogP contribution in [0.4, 0.5) is 13.6 Å². The van der Waals surface area contributed by atoms with E-state index in [4.69, 9.17) is 9.26 Å². The second-order valence-electron chi connectivity index (χ2n) is 6.49. The van der Waals surface area contributed by atoms with E-state index in [1.807, 2.05) is 0 Å². The van der Waals surface area contributed by atoms with E-state index < -0.39 is 12.0 Å². The van der Waals surface area contributed by atoms with E-state index in [2.05, 4.69) is 5.16 Å². The summed E-state index contributed by atoms with van der Waals surface area (Å²) < 4.78 is 36.8. The number of nitrogens with one attached hydrogen (secondary N) is 1. The number of likely N-dealkylation sites (tertiary alicyclic amines) is 2. The number of aromatic nitrogens is 1. The number of aromatic amines is 1. The largest absolute Gasteiger partial charge is 0.453 e. The summed E-state index contributed by atoms with van der Waals surface area (Å²) in [5.41, 5.74) is -0.309. The Morgan fingerprint density at radius 3 is 2.88 bits per heavy atom. The molecule has 24 heavy (non-hydrogen) atoms. The number of H-pyrrole nitrogens is 1. The van der Waals surface area contributed by atoms with Gasteiger partial charge < -0.3 is 14.2 Å². The minimum Gasteiger partial charge on any atom is -0.453 e. The summed E-state index contributed by atoms with van der Waals surface area (Å²) >= 11 is 0. The van der Waals surface area contributed by atoms with Crippen molar-refractivity contribution in [1.82, 2.24) is 15.0 Å². The summed E-state index contributed by atoms with van der Waals surface area (Å²) in [4.78, 5) is 26.5. The van der Waals surface area contributed by atoms with Gasteiger partial charge in [0, 0.05) is 44.1 Å². The molecule has 0 unspecified atom stereocenters. The maximum absolute atomic E-state index is 13.4. The summed E-state index contributed by atoms with van der Waals surface area (Å²) in [7, 11) is 1.31. The lowest BCUT2D eigenvalue weighted by Gasteiger charge is -2.39. The van der Waals surface area contributed by atoms with Gasteiger partial charge in [-0.3, -0.25) is 9.69 Å². The van der Waals surface area contributed by atoms with Crippen LogP contribution in [0.1, 0.15) is 30.9 Å². The first-order valence-corrected chi connectivity index (χ1v) is 8.01. The van der Waals surface area contributed by atoms with Crippen LogP contribution in [0.2, 0.25) is 0 Å². The number of carbonyl (C=O) groups excluding carboxylic acids is 1. The smallest absolute Gasteiger partial charge is 0.409 e. The fourth-order valence-electron chi connectivity index (χ4n) is 3.60. The second kappa shape index (κ2) is 6.54. The molecule has 1 N–H and O–H groups in total. The molecular weight excluding hydrogens is 324 g/mol. The zero-order valence-electron chi connectivity index (χ0n) is 13.5. The molecule has 2 aliphatic heterocycles. The highest BCUT2D eigenvalue weighted by Crippen LogP contribution is 2.33. The average molecular weight is 345 g/mol. The first-order valence-electron chi connectivity index (χ1n) is 8.01. The third-order valence-corrected chi connectivity index (χ3v) is 4.79. The maximum atomic E-state index is 13.4. The molecule has 1 amide bonds. The van der Waals surface area contributed by atoms with Gasteiger partial charge in [0.1, 0.15) is 5.76 Å². The third-order valence-electron chi connectivity index (χ3n) is 4.79. The summed E-state index contributed by atoms with van der Waals surface area (Å²) in [5.74, 6) is -2.16. The Hall–Kier alpha value is -1.90. The third kappa shape index (κ3) is 3.61. The van der Waals surface area contributed by atoms with Gasteiger partial charge in [-0.25, -0.2) is 13.6 Å². The van der Waals surface area contributed by atoms with Gasteiger partial charge in [-0.1, -0.05) is 0 Å². The van der Waals surface area contributed by atoms with Gasteiger partial charge in [-0.15, -0.1) is 0 Å². The van der Waals surface area contributed by atoms with E-state index >= 15 is 0 Å². The fourth-order valence-corrected chi connectivity index (χ4v) is 3.60. The van der Waals surface area contributed by atoms with Crippen molar-refractivity contribution in [3.8, 4) is 0 Å². The quantitative estimate of drug-likeness (QED) is 0.901. The molecule has 2 atom stereocenters. The normalized spacial score (nSPS) is 27.4. The molecule has 0 aliphatic carbocycles. The van der Waals surface area contributed by atoms with Gasteiger partial charge in [0.2, 0.25) is 0 Å². The number of piperidine rings is 1. The number of nitrogens with zero attached hydrogens (tertiary/aromatic N) is 2. The number of rotatable bonds is 3. The van der Waals surface area contributed by atoms with Crippen LogP contribution in [0, 0.1) is 0 Å². The van der Waals surface area contributed by atoms with Crippen LogP contribution in [-0.4, -0.2) is 66.3 Å². The van der Waals surface area contributed by atoms with Crippen molar-refractivity contribution in [2.24, 2.45) is 0 Å². The first-order chi connectivity index (χ1) is 11.4. The molecule has 2 aliphatic rings. The molecule has 2 fully saturated rings. The maximum Gasteiger partial charge on any atom is 0.409 e. The van der Waals surface area contributed by atoms with Crippen LogP contribution in [0.5, 0.6) is 0 Å². The zero-order valence-corrected chi connectivity index (χ0v) is 13.5. The number of carbonyl (C=O) groups is 1. The van der Waals surface area contributed by atoms with Crippen molar-refractivity contribution in [1.29, 1.82) is 0 Å². The van der Waals surface area contributed by atoms with Crippen LogP contribution in [-0.2, 0) is 4.74 Å². The van der Waals surface area contributed by atoms with Crippen molar-refractivity contribution in [2.75, 3.05) is 33.3 Å². The lowest BCUT2D eigenvalue weighted by molar-refractivity contribution is 0.00759. The number of amides is 1. The molecule has 134 valence electrons. The SMILES string of the molecule is COC(=O)N1CC[C@H](c2cc(=O)[nH]o2)C[C@@H]1CN1CCC(F)(F)C1. The second-order valence-corrected chi connectivity index (χ2v) is 6.49. The van der Waals surface area contributed by atoms with Gasteiger partial charge in [0.25, 0.3) is 11.5 Å². The molecule has 0 saturated carbocycles. The molecule has 7 nitrogen and oxygen atoms in total. The van der Waals surface area contributed by atoms with E-state index in [9.17, 15) is 18.4 Å². The zero-order chi connectivity index (χ0) is 17.3. The van der Waals surface area contributed by atoms with Gasteiger partial charge in [0.05, 0.1) is 13.7 Å². The van der Waals surface area contributed by atoms with Crippen LogP contribution < -0.4 is 5.56 Å². The van der Waals surface area contributed by atoms with Crippen LogP contribution >= 0.6 is 0 Å². The Kier molecular flexibility index (Phi) is 4.62. The number of hydrogen-bond acceptors (Lipinski definition) is 5. The molecule has 3 heterocycles. The standard InChI is InChI=1S/C15H21F2N3O4/c1-23-14(22)20-4-2-10(12-7-13(21)18-24-12)6-11(20)8-19-5-3-15(16,17)9-19/h7,10-11H,2-6,8-9H2,1H3,(H,18,21)/t10-,11+/m0/s1. The molecule has 9 heteroatoms. The molecule has 1 aromatic heterocycles. The van der Waals surface area contributed by atoms with E-state index in [1.165, 1.54) is 13.2 Å². The minimum absolute atomic E-state index is 0.0297.